The first-order chi connectivity index (χ1) is 9.61. The highest BCUT2D eigenvalue weighted by Crippen LogP contribution is 2.34. The maximum Gasteiger partial charge on any atom is 0.0486 e. The highest BCUT2D eigenvalue weighted by atomic mass is 35.5. The Bertz CT molecular complexity index is 659. The lowest BCUT2D eigenvalue weighted by molar-refractivity contribution is 1.44. The predicted molar refractivity (Wildman–Crippen MR) is 80.6 cm³/mol. The smallest absolute Gasteiger partial charge is 0.0486 e. The van der Waals surface area contributed by atoms with Gasteiger partial charge in [-0.05, 0) is 32.7 Å². The first kappa shape index (κ1) is 9.66. The average molecular weight is 277 g/mol. The number of rotatable bonds is 2. The van der Waals surface area contributed by atoms with Crippen molar-refractivity contribution in [2.45, 2.75) is 11.7 Å². The third-order valence-electron chi connectivity index (χ3n) is 3.23. The second-order valence-electron chi connectivity index (χ2n) is 4.14. The summed E-state index contributed by atoms with van der Waals surface area (Å²) in [5.74, 6) is -1.70. The minimum Gasteiger partial charge on any atom is -0.122 e. The second kappa shape index (κ2) is 4.79. The van der Waals surface area contributed by atoms with Crippen molar-refractivity contribution in [3.63, 3.8) is 0 Å². The minimum absolute atomic E-state index is 0.777. The number of hydrogen-bond acceptors (Lipinski definition) is 0. The lowest BCUT2D eigenvalue weighted by Gasteiger charge is -2.13. The molecular weight excluding hydrogens is 263 g/mol. The molecular formula is C16H12Cl2. The van der Waals surface area contributed by atoms with Crippen LogP contribution in [0.15, 0.2) is 48.5 Å². The van der Waals surface area contributed by atoms with E-state index in [-0.39, 0.29) is 0 Å². The highest BCUT2D eigenvalue weighted by molar-refractivity contribution is 6.22. The normalized spacial score (nSPS) is 16.3. The first-order valence-corrected chi connectivity index (χ1v) is 6.54. The van der Waals surface area contributed by atoms with Crippen molar-refractivity contribution in [2.75, 3.05) is 0 Å². The molecule has 0 nitrogen and oxygen atoms in total. The van der Waals surface area contributed by atoms with Crippen LogP contribution in [0.5, 0.6) is 0 Å². The van der Waals surface area contributed by atoms with Crippen LogP contribution in [0.3, 0.4) is 0 Å². The minimum atomic E-state index is -0.849. The van der Waals surface area contributed by atoms with Gasteiger partial charge in [-0.25, -0.2) is 0 Å². The fraction of sp³-hybridized carbons (Fsp3) is 0.125. The standard InChI is InChI=1S/C16H12Cl2/c17-9-15-11-5-1-2-6-12(11)16(10-18)14-8-4-3-7-13(14)15/h1-8H,9-10H2/i9D,10D. The van der Waals surface area contributed by atoms with E-state index in [1.54, 1.807) is 0 Å². The molecule has 0 saturated carbocycles. The Labute approximate surface area is 119 Å². The van der Waals surface area contributed by atoms with Crippen molar-refractivity contribution in [2.24, 2.45) is 0 Å². The molecule has 2 unspecified atom stereocenters. The van der Waals surface area contributed by atoms with Gasteiger partial charge in [0.05, 0.1) is 0 Å². The number of hydrogen-bond donors (Lipinski definition) is 0. The van der Waals surface area contributed by atoms with E-state index in [0.717, 1.165) is 32.7 Å². The van der Waals surface area contributed by atoms with Gasteiger partial charge in [-0.1, -0.05) is 48.5 Å². The van der Waals surface area contributed by atoms with Gasteiger partial charge in [0.2, 0.25) is 0 Å². The Morgan fingerprint density at radius 1 is 0.667 bits per heavy atom. The Morgan fingerprint density at radius 3 is 1.17 bits per heavy atom. The summed E-state index contributed by atoms with van der Waals surface area (Å²) in [6.07, 6.45) is 0. The van der Waals surface area contributed by atoms with Gasteiger partial charge in [0.1, 0.15) is 0 Å². The van der Waals surface area contributed by atoms with Crippen LogP contribution in [0.4, 0.5) is 0 Å². The van der Waals surface area contributed by atoms with Crippen molar-refractivity contribution in [1.82, 2.24) is 0 Å². The maximum atomic E-state index is 7.95. The summed E-state index contributed by atoms with van der Waals surface area (Å²) >= 11 is 12.2. The van der Waals surface area contributed by atoms with E-state index < -0.39 is 11.7 Å². The van der Waals surface area contributed by atoms with Gasteiger partial charge >= 0.3 is 0 Å². The number of alkyl halides is 2. The summed E-state index contributed by atoms with van der Waals surface area (Å²) in [6, 6.07) is 15.4. The van der Waals surface area contributed by atoms with Crippen molar-refractivity contribution < 1.29 is 2.74 Å². The third-order valence-corrected chi connectivity index (χ3v) is 3.67. The zero-order valence-corrected chi connectivity index (χ0v) is 11.0. The molecule has 0 aliphatic heterocycles. The maximum absolute atomic E-state index is 7.95. The van der Waals surface area contributed by atoms with E-state index in [2.05, 4.69) is 0 Å². The van der Waals surface area contributed by atoms with Crippen molar-refractivity contribution in [1.29, 1.82) is 0 Å². The molecule has 0 amide bonds. The van der Waals surface area contributed by atoms with Gasteiger partial charge in [0.25, 0.3) is 0 Å². The van der Waals surface area contributed by atoms with Crippen LogP contribution >= 0.6 is 23.2 Å². The Hall–Kier alpha value is -1.24. The van der Waals surface area contributed by atoms with Crippen molar-refractivity contribution >= 4 is 44.7 Å². The average Bonchev–Trinajstić information content (AvgIpc) is 2.43. The zero-order valence-electron chi connectivity index (χ0n) is 11.5. The Morgan fingerprint density at radius 2 is 0.944 bits per heavy atom. The number of fused-ring (bicyclic) bond motifs is 2. The molecule has 0 spiro atoms. The number of halogens is 2. The van der Waals surface area contributed by atoms with E-state index in [1.807, 2.05) is 48.5 Å². The van der Waals surface area contributed by atoms with Gasteiger partial charge < -0.3 is 0 Å². The van der Waals surface area contributed by atoms with E-state index in [9.17, 15) is 0 Å². The predicted octanol–water partition coefficient (Wildman–Crippen LogP) is 5.47. The summed E-state index contributed by atoms with van der Waals surface area (Å²) in [4.78, 5) is 0. The summed E-state index contributed by atoms with van der Waals surface area (Å²) < 4.78 is 15.9. The van der Waals surface area contributed by atoms with E-state index in [1.165, 1.54) is 0 Å². The molecule has 18 heavy (non-hydrogen) atoms. The molecule has 2 atom stereocenters. The van der Waals surface area contributed by atoms with Crippen molar-refractivity contribution in [3.8, 4) is 0 Å². The van der Waals surface area contributed by atoms with Crippen LogP contribution < -0.4 is 0 Å². The van der Waals surface area contributed by atoms with Crippen LogP contribution in [-0.4, -0.2) is 0 Å². The van der Waals surface area contributed by atoms with Crippen LogP contribution in [-0.2, 0) is 11.7 Å². The Balaban J connectivity index is 2.62. The molecule has 3 rings (SSSR count). The molecule has 0 aliphatic rings. The molecule has 0 fully saturated rings. The van der Waals surface area contributed by atoms with Gasteiger partial charge in [-0.2, -0.15) is 0 Å². The van der Waals surface area contributed by atoms with Gasteiger partial charge in [0.15, 0.2) is 0 Å². The van der Waals surface area contributed by atoms with Crippen LogP contribution in [0.25, 0.3) is 21.5 Å². The SMILES string of the molecule is [2H]C(Cl)c1c2ccccc2c(C([2H])Cl)c2ccccc12. The quantitative estimate of drug-likeness (QED) is 0.430. The third kappa shape index (κ3) is 1.68. The molecule has 3 aromatic carbocycles. The summed E-state index contributed by atoms with van der Waals surface area (Å²) in [6.45, 7) is 0. The van der Waals surface area contributed by atoms with Crippen LogP contribution in [0.1, 0.15) is 13.9 Å². The van der Waals surface area contributed by atoms with Gasteiger partial charge in [-0.3, -0.25) is 0 Å². The van der Waals surface area contributed by atoms with E-state index >= 15 is 0 Å². The molecule has 3 aromatic rings. The monoisotopic (exact) mass is 276 g/mol. The fourth-order valence-electron chi connectivity index (χ4n) is 2.43. The lowest BCUT2D eigenvalue weighted by atomic mass is 9.93. The van der Waals surface area contributed by atoms with Crippen LogP contribution in [0.2, 0.25) is 0 Å². The molecule has 0 bridgehead atoms. The molecule has 0 aliphatic carbocycles. The Kier molecular flexibility index (Phi) is 2.57. The molecule has 0 N–H and O–H groups in total. The molecule has 2 heteroatoms. The van der Waals surface area contributed by atoms with Gasteiger partial charge in [0, 0.05) is 14.5 Å². The van der Waals surface area contributed by atoms with Crippen LogP contribution in [0, 0.1) is 0 Å². The second-order valence-corrected chi connectivity index (χ2v) is 4.57. The number of benzene rings is 3. The largest absolute Gasteiger partial charge is 0.122 e. The highest BCUT2D eigenvalue weighted by Gasteiger charge is 2.11. The summed E-state index contributed by atoms with van der Waals surface area (Å²) in [7, 11) is 0. The topological polar surface area (TPSA) is 0 Å². The molecule has 0 radical (unpaired) electrons. The molecule has 0 saturated heterocycles. The zero-order chi connectivity index (χ0) is 14.3. The lowest BCUT2D eigenvalue weighted by Crippen LogP contribution is -1.92. The van der Waals surface area contributed by atoms with Crippen molar-refractivity contribution in [3.05, 3.63) is 59.7 Å². The molecule has 0 aromatic heterocycles. The molecule has 90 valence electrons. The first-order valence-electron chi connectivity index (χ1n) is 6.82. The summed E-state index contributed by atoms with van der Waals surface area (Å²) in [5, 5.41) is 3.59. The summed E-state index contributed by atoms with van der Waals surface area (Å²) in [5.41, 5.74) is 1.55. The molecule has 0 heterocycles. The van der Waals surface area contributed by atoms with Gasteiger partial charge in [-0.15, -0.1) is 23.2 Å². The fourth-order valence-corrected chi connectivity index (χ4v) is 2.90. The van der Waals surface area contributed by atoms with E-state index in [0.29, 0.717) is 0 Å². The van der Waals surface area contributed by atoms with E-state index in [4.69, 9.17) is 25.9 Å².